The maximum absolute atomic E-state index is 12.1. The quantitative estimate of drug-likeness (QED) is 0.488. The number of rotatable bonds is 9. The van der Waals surface area contributed by atoms with E-state index in [4.69, 9.17) is 13.9 Å². The third kappa shape index (κ3) is 7.28. The number of thiol groups is 1. The molecule has 1 aromatic rings. The van der Waals surface area contributed by atoms with Crippen molar-refractivity contribution in [1.82, 2.24) is 0 Å². The van der Waals surface area contributed by atoms with Crippen LogP contribution in [0.15, 0.2) is 13.6 Å². The number of carbonyl (C=O) groups is 3. The summed E-state index contributed by atoms with van der Waals surface area (Å²) in [6.45, 7) is 6.31. The van der Waals surface area contributed by atoms with Crippen LogP contribution in [0.25, 0.3) is 0 Å². The Morgan fingerprint density at radius 3 is 2.38 bits per heavy atom. The van der Waals surface area contributed by atoms with E-state index < -0.39 is 27.8 Å². The van der Waals surface area contributed by atoms with Crippen molar-refractivity contribution in [3.63, 3.8) is 0 Å². The fourth-order valence-electron chi connectivity index (χ4n) is 1.79. The Morgan fingerprint density at radius 1 is 1.23 bits per heavy atom. The van der Waals surface area contributed by atoms with Gasteiger partial charge in [0.2, 0.25) is 0 Å². The number of hydrogen-bond donors (Lipinski definition) is 1. The highest BCUT2D eigenvalue weighted by atomic mass is 32.2. The van der Waals surface area contributed by atoms with Crippen molar-refractivity contribution < 1.29 is 32.7 Å². The molecule has 0 saturated carbocycles. The number of ether oxygens (including phenoxy) is 2. The zero-order chi connectivity index (χ0) is 19.9. The predicted octanol–water partition coefficient (Wildman–Crippen LogP) is 2.76. The highest BCUT2D eigenvalue weighted by Crippen LogP contribution is 2.23. The molecule has 0 aliphatic carbocycles. The standard InChI is InChI=1S/C16H22O8S2/c1-5-21-13(18)10(6-12(17)16(3,4)25)8-26-15(20)22-7-11-9(2)23-14(19)24-11/h10,25H,5-8H2,1-4H3/t10-/m0/s1. The first-order valence-electron chi connectivity index (χ1n) is 7.85. The van der Waals surface area contributed by atoms with Gasteiger partial charge in [0.15, 0.2) is 18.1 Å². The van der Waals surface area contributed by atoms with Gasteiger partial charge in [0.25, 0.3) is 0 Å². The van der Waals surface area contributed by atoms with E-state index >= 15 is 0 Å². The minimum Gasteiger partial charge on any atom is -0.466 e. The van der Waals surface area contributed by atoms with Gasteiger partial charge >= 0.3 is 17.1 Å². The van der Waals surface area contributed by atoms with E-state index in [2.05, 4.69) is 17.0 Å². The largest absolute Gasteiger partial charge is 0.519 e. The third-order valence-corrected chi connectivity index (χ3v) is 4.47. The van der Waals surface area contributed by atoms with Crippen LogP contribution in [0.3, 0.4) is 0 Å². The van der Waals surface area contributed by atoms with Crippen molar-refractivity contribution in [2.45, 2.75) is 45.5 Å². The molecule has 0 spiro atoms. The van der Waals surface area contributed by atoms with Crippen LogP contribution in [-0.2, 0) is 25.7 Å². The summed E-state index contributed by atoms with van der Waals surface area (Å²) in [6, 6.07) is 0. The van der Waals surface area contributed by atoms with Crippen LogP contribution in [0, 0.1) is 12.8 Å². The molecule has 0 fully saturated rings. The second-order valence-electron chi connectivity index (χ2n) is 5.92. The van der Waals surface area contributed by atoms with E-state index in [1.165, 1.54) is 6.92 Å². The van der Waals surface area contributed by atoms with Gasteiger partial charge in [-0.3, -0.25) is 9.59 Å². The molecule has 1 heterocycles. The topological polar surface area (TPSA) is 113 Å². The van der Waals surface area contributed by atoms with E-state index in [9.17, 15) is 19.2 Å². The number of esters is 1. The van der Waals surface area contributed by atoms with Gasteiger partial charge in [0.05, 0.1) is 17.3 Å². The average molecular weight is 406 g/mol. The van der Waals surface area contributed by atoms with Crippen LogP contribution in [0.2, 0.25) is 0 Å². The highest BCUT2D eigenvalue weighted by Gasteiger charge is 2.30. The second kappa shape index (κ2) is 9.86. The van der Waals surface area contributed by atoms with Crippen molar-refractivity contribution in [1.29, 1.82) is 0 Å². The number of ketones is 1. The molecule has 0 N–H and O–H groups in total. The summed E-state index contributed by atoms with van der Waals surface area (Å²) in [6.07, 6.45) is -0.0919. The molecule has 0 aliphatic heterocycles. The van der Waals surface area contributed by atoms with Crippen LogP contribution in [0.4, 0.5) is 4.79 Å². The van der Waals surface area contributed by atoms with Crippen LogP contribution >= 0.6 is 24.4 Å². The number of carbonyl (C=O) groups excluding carboxylic acids is 3. The van der Waals surface area contributed by atoms with E-state index in [0.717, 1.165) is 11.8 Å². The van der Waals surface area contributed by atoms with Crippen LogP contribution in [-0.4, -0.2) is 34.2 Å². The van der Waals surface area contributed by atoms with Crippen LogP contribution < -0.4 is 5.82 Å². The normalized spacial score (nSPS) is 12.5. The van der Waals surface area contributed by atoms with Crippen molar-refractivity contribution in [2.75, 3.05) is 12.4 Å². The van der Waals surface area contributed by atoms with Crippen molar-refractivity contribution >= 4 is 41.4 Å². The van der Waals surface area contributed by atoms with Gasteiger partial charge in [-0.25, -0.2) is 9.59 Å². The Balaban J connectivity index is 2.59. The number of Topliss-reactive ketones (excluding diaryl/α,β-unsaturated/α-hetero) is 1. The first kappa shape index (κ1) is 22.4. The van der Waals surface area contributed by atoms with Crippen molar-refractivity contribution in [2.24, 2.45) is 5.92 Å². The molecule has 1 aromatic heterocycles. The third-order valence-electron chi connectivity index (χ3n) is 3.29. The molecule has 0 unspecified atom stereocenters. The van der Waals surface area contributed by atoms with Gasteiger partial charge in [0, 0.05) is 12.2 Å². The molecule has 0 aliphatic rings. The molecule has 1 rings (SSSR count). The highest BCUT2D eigenvalue weighted by molar-refractivity contribution is 8.13. The predicted molar refractivity (Wildman–Crippen MR) is 97.4 cm³/mol. The molecule has 1 atom stereocenters. The maximum Gasteiger partial charge on any atom is 0.519 e. The fourth-order valence-corrected chi connectivity index (χ4v) is 2.61. The monoisotopic (exact) mass is 406 g/mol. The van der Waals surface area contributed by atoms with Gasteiger partial charge in [-0.15, -0.1) is 0 Å². The molecule has 10 heteroatoms. The summed E-state index contributed by atoms with van der Waals surface area (Å²) < 4.78 is 18.4. The zero-order valence-electron chi connectivity index (χ0n) is 15.0. The molecule has 0 radical (unpaired) electrons. The molecule has 8 nitrogen and oxygen atoms in total. The van der Waals surface area contributed by atoms with E-state index in [-0.39, 0.29) is 42.7 Å². The Hall–Kier alpha value is -1.68. The first-order valence-corrected chi connectivity index (χ1v) is 9.29. The Kier molecular flexibility index (Phi) is 8.48. The lowest BCUT2D eigenvalue weighted by Gasteiger charge is -2.20. The molecular formula is C16H22O8S2. The van der Waals surface area contributed by atoms with Crippen LogP contribution in [0.5, 0.6) is 0 Å². The average Bonchev–Trinajstić information content (AvgIpc) is 2.85. The van der Waals surface area contributed by atoms with Gasteiger partial charge in [-0.05, 0) is 39.5 Å². The molecule has 146 valence electrons. The summed E-state index contributed by atoms with van der Waals surface area (Å²) in [4.78, 5) is 46.9. The van der Waals surface area contributed by atoms with Gasteiger partial charge in [-0.2, -0.15) is 12.6 Å². The molecule has 0 saturated heterocycles. The molecular weight excluding hydrogens is 384 g/mol. The fraction of sp³-hybridized carbons (Fsp3) is 0.625. The summed E-state index contributed by atoms with van der Waals surface area (Å²) >= 11 is 4.93. The summed E-state index contributed by atoms with van der Waals surface area (Å²) in [5, 5.41) is -0.680. The minimum absolute atomic E-state index is 0.0155. The van der Waals surface area contributed by atoms with E-state index in [1.54, 1.807) is 20.8 Å². The number of hydrogen-bond acceptors (Lipinski definition) is 10. The summed E-state index contributed by atoms with van der Waals surface area (Å²) in [7, 11) is 0. The van der Waals surface area contributed by atoms with E-state index in [0.29, 0.717) is 0 Å². The van der Waals surface area contributed by atoms with Gasteiger partial charge in [-0.1, -0.05) is 0 Å². The van der Waals surface area contributed by atoms with E-state index in [1.807, 2.05) is 0 Å². The Morgan fingerprint density at radius 2 is 1.88 bits per heavy atom. The van der Waals surface area contributed by atoms with Crippen molar-refractivity contribution in [3.05, 3.63) is 22.1 Å². The van der Waals surface area contributed by atoms with Gasteiger partial charge in [0.1, 0.15) is 5.78 Å². The van der Waals surface area contributed by atoms with Crippen molar-refractivity contribution in [3.8, 4) is 0 Å². The Bertz CT molecular complexity index is 698. The summed E-state index contributed by atoms with van der Waals surface area (Å²) in [5.74, 6) is -2.12. The lowest BCUT2D eigenvalue weighted by Crippen LogP contribution is -2.31. The zero-order valence-corrected chi connectivity index (χ0v) is 16.7. The number of thioether (sulfide) groups is 1. The Labute approximate surface area is 160 Å². The molecule has 26 heavy (non-hydrogen) atoms. The SMILES string of the molecule is CCOC(=O)[C@H](CSC(=O)OCc1oc(=O)oc1C)CC(=O)C(C)(C)S. The van der Waals surface area contributed by atoms with Gasteiger partial charge < -0.3 is 18.3 Å². The molecule has 0 bridgehead atoms. The minimum atomic E-state index is -0.897. The smallest absolute Gasteiger partial charge is 0.466 e. The second-order valence-corrected chi connectivity index (χ2v) is 7.99. The van der Waals surface area contributed by atoms with Crippen LogP contribution in [0.1, 0.15) is 38.7 Å². The molecule has 0 amide bonds. The summed E-state index contributed by atoms with van der Waals surface area (Å²) in [5.41, 5.74) is 0. The number of aryl methyl sites for hydroxylation is 1. The lowest BCUT2D eigenvalue weighted by molar-refractivity contribution is -0.148. The first-order chi connectivity index (χ1) is 12.0. The molecule has 0 aromatic carbocycles. The lowest BCUT2D eigenvalue weighted by atomic mass is 9.97. The maximum atomic E-state index is 12.1.